The van der Waals surface area contributed by atoms with Crippen LogP contribution in [0, 0.1) is 0 Å². The lowest BCUT2D eigenvalue weighted by Crippen LogP contribution is -2.26. The minimum atomic E-state index is -0.0105. The van der Waals surface area contributed by atoms with Crippen LogP contribution >= 0.6 is 15.9 Å². The molecular formula is C15H22BrNO2. The van der Waals surface area contributed by atoms with Crippen molar-refractivity contribution in [1.29, 1.82) is 0 Å². The van der Waals surface area contributed by atoms with Crippen LogP contribution in [0.25, 0.3) is 0 Å². The van der Waals surface area contributed by atoms with Crippen LogP contribution in [-0.2, 0) is 10.1 Å². The molecule has 19 heavy (non-hydrogen) atoms. The minimum absolute atomic E-state index is 0.0105. The minimum Gasteiger partial charge on any atom is -0.381 e. The first-order chi connectivity index (χ1) is 9.29. The number of ether oxygens (including phenoxy) is 1. The summed E-state index contributed by atoms with van der Waals surface area (Å²) in [6, 6.07) is 7.63. The third-order valence-corrected chi connectivity index (χ3v) is 3.40. The second kappa shape index (κ2) is 9.98. The van der Waals surface area contributed by atoms with E-state index in [1.807, 2.05) is 24.3 Å². The number of amides is 1. The van der Waals surface area contributed by atoms with Crippen LogP contribution in [0.2, 0.25) is 0 Å². The number of hydrogen-bond donors (Lipinski definition) is 1. The molecule has 0 spiro atoms. The molecular weight excluding hydrogens is 306 g/mol. The number of halogens is 1. The van der Waals surface area contributed by atoms with Gasteiger partial charge in [-0.1, -0.05) is 47.5 Å². The Morgan fingerprint density at radius 1 is 1.26 bits per heavy atom. The highest BCUT2D eigenvalue weighted by atomic mass is 79.9. The van der Waals surface area contributed by atoms with Crippen LogP contribution in [0.4, 0.5) is 0 Å². The van der Waals surface area contributed by atoms with Gasteiger partial charge in [0.25, 0.3) is 5.91 Å². The molecule has 0 aliphatic heterocycles. The highest BCUT2D eigenvalue weighted by molar-refractivity contribution is 9.08. The highest BCUT2D eigenvalue weighted by Gasteiger charge is 2.08. The molecule has 1 aromatic rings. The fourth-order valence-corrected chi connectivity index (χ4v) is 2.17. The summed E-state index contributed by atoms with van der Waals surface area (Å²) in [6.45, 7) is 4.32. The lowest BCUT2D eigenvalue weighted by molar-refractivity contribution is 0.0940. The van der Waals surface area contributed by atoms with Gasteiger partial charge in [0.05, 0.1) is 0 Å². The number of unbranched alkanes of at least 4 members (excludes halogenated alkanes) is 1. The number of benzene rings is 1. The van der Waals surface area contributed by atoms with Crippen molar-refractivity contribution in [2.75, 3.05) is 19.8 Å². The van der Waals surface area contributed by atoms with Gasteiger partial charge in [-0.15, -0.1) is 0 Å². The van der Waals surface area contributed by atoms with Crippen LogP contribution < -0.4 is 5.32 Å². The number of alkyl halides is 1. The molecule has 106 valence electrons. The molecule has 3 nitrogen and oxygen atoms in total. The summed E-state index contributed by atoms with van der Waals surface area (Å²) in [7, 11) is 0. The Kier molecular flexibility index (Phi) is 8.50. The van der Waals surface area contributed by atoms with E-state index in [2.05, 4.69) is 28.2 Å². The fraction of sp³-hybridized carbons (Fsp3) is 0.533. The Morgan fingerprint density at radius 2 is 2.00 bits per heavy atom. The summed E-state index contributed by atoms with van der Waals surface area (Å²) < 4.78 is 5.45. The maximum Gasteiger partial charge on any atom is 0.251 e. The van der Waals surface area contributed by atoms with Crippen molar-refractivity contribution in [2.45, 2.75) is 31.5 Å². The summed E-state index contributed by atoms with van der Waals surface area (Å²) >= 11 is 3.39. The van der Waals surface area contributed by atoms with Gasteiger partial charge < -0.3 is 10.1 Å². The smallest absolute Gasteiger partial charge is 0.251 e. The summed E-state index contributed by atoms with van der Waals surface area (Å²) in [5.74, 6) is -0.0105. The predicted octanol–water partition coefficient (Wildman–Crippen LogP) is 3.52. The average Bonchev–Trinajstić information content (AvgIpc) is 2.46. The summed E-state index contributed by atoms with van der Waals surface area (Å²) in [5.41, 5.74) is 1.76. The molecule has 0 unspecified atom stereocenters. The van der Waals surface area contributed by atoms with E-state index >= 15 is 0 Å². The Labute approximate surface area is 123 Å². The molecule has 4 heteroatoms. The van der Waals surface area contributed by atoms with Gasteiger partial charge in [-0.2, -0.15) is 0 Å². The van der Waals surface area contributed by atoms with E-state index in [9.17, 15) is 4.79 Å². The second-order valence-corrected chi connectivity index (χ2v) is 4.93. The van der Waals surface area contributed by atoms with E-state index in [-0.39, 0.29) is 5.91 Å². The summed E-state index contributed by atoms with van der Waals surface area (Å²) in [5, 5.41) is 3.62. The van der Waals surface area contributed by atoms with Crippen LogP contribution in [-0.4, -0.2) is 25.7 Å². The van der Waals surface area contributed by atoms with Crippen LogP contribution in [0.15, 0.2) is 24.3 Å². The van der Waals surface area contributed by atoms with E-state index in [4.69, 9.17) is 4.74 Å². The Morgan fingerprint density at radius 3 is 2.74 bits per heavy atom. The molecule has 1 amide bonds. The molecule has 0 aliphatic carbocycles. The monoisotopic (exact) mass is 327 g/mol. The molecule has 0 bridgehead atoms. The fourth-order valence-electron chi connectivity index (χ4n) is 1.68. The zero-order valence-corrected chi connectivity index (χ0v) is 13.0. The third-order valence-electron chi connectivity index (χ3n) is 2.80. The molecule has 1 rings (SSSR count). The number of carbonyl (C=O) groups is 1. The Hall–Kier alpha value is -0.870. The lowest BCUT2D eigenvalue weighted by atomic mass is 10.1. The highest BCUT2D eigenvalue weighted by Crippen LogP contribution is 2.12. The van der Waals surface area contributed by atoms with Gasteiger partial charge in [-0.3, -0.25) is 4.79 Å². The first kappa shape index (κ1) is 16.2. The van der Waals surface area contributed by atoms with Gasteiger partial charge in [0.1, 0.15) is 0 Å². The standard InChI is InChI=1S/C15H22BrNO2/c1-2-3-10-19-11-6-9-17-15(18)14-8-5-4-7-13(14)12-16/h4-5,7-8H,2-3,6,9-12H2,1H3,(H,17,18). The maximum absolute atomic E-state index is 12.0. The van der Waals surface area contributed by atoms with E-state index < -0.39 is 0 Å². The van der Waals surface area contributed by atoms with E-state index in [1.165, 1.54) is 0 Å². The largest absolute Gasteiger partial charge is 0.381 e. The molecule has 0 aliphatic rings. The van der Waals surface area contributed by atoms with Gasteiger partial charge in [0.2, 0.25) is 0 Å². The van der Waals surface area contributed by atoms with Gasteiger partial charge in [-0.25, -0.2) is 0 Å². The van der Waals surface area contributed by atoms with Gasteiger partial charge in [-0.05, 0) is 24.5 Å². The van der Waals surface area contributed by atoms with Crippen LogP contribution in [0.5, 0.6) is 0 Å². The van der Waals surface area contributed by atoms with Crippen LogP contribution in [0.3, 0.4) is 0 Å². The zero-order valence-electron chi connectivity index (χ0n) is 11.5. The number of carbonyl (C=O) groups excluding carboxylic acids is 1. The summed E-state index contributed by atoms with van der Waals surface area (Å²) in [4.78, 5) is 12.0. The van der Waals surface area contributed by atoms with Crippen LogP contribution in [0.1, 0.15) is 42.1 Å². The number of rotatable bonds is 9. The number of nitrogens with one attached hydrogen (secondary N) is 1. The number of hydrogen-bond acceptors (Lipinski definition) is 2. The van der Waals surface area contributed by atoms with Crippen molar-refractivity contribution in [2.24, 2.45) is 0 Å². The van der Waals surface area contributed by atoms with Gasteiger partial charge >= 0.3 is 0 Å². The molecule has 0 aromatic heterocycles. The molecule has 1 N–H and O–H groups in total. The molecule has 0 heterocycles. The Bertz CT molecular complexity index is 382. The predicted molar refractivity (Wildman–Crippen MR) is 81.8 cm³/mol. The van der Waals surface area contributed by atoms with E-state index in [0.29, 0.717) is 18.5 Å². The van der Waals surface area contributed by atoms with Crippen molar-refractivity contribution in [3.63, 3.8) is 0 Å². The summed E-state index contributed by atoms with van der Waals surface area (Å²) in [6.07, 6.45) is 3.11. The van der Waals surface area contributed by atoms with Gasteiger partial charge in [0, 0.05) is 30.7 Å². The third kappa shape index (κ3) is 6.21. The first-order valence-corrected chi connectivity index (χ1v) is 7.91. The second-order valence-electron chi connectivity index (χ2n) is 4.37. The maximum atomic E-state index is 12.0. The van der Waals surface area contributed by atoms with Gasteiger partial charge in [0.15, 0.2) is 0 Å². The SMILES string of the molecule is CCCCOCCCNC(=O)c1ccccc1CBr. The van der Waals surface area contributed by atoms with E-state index in [1.54, 1.807) is 0 Å². The zero-order chi connectivity index (χ0) is 13.9. The van der Waals surface area contributed by atoms with Crippen molar-refractivity contribution in [3.8, 4) is 0 Å². The van der Waals surface area contributed by atoms with Crippen molar-refractivity contribution in [3.05, 3.63) is 35.4 Å². The average molecular weight is 328 g/mol. The molecule has 0 saturated heterocycles. The molecule has 0 atom stereocenters. The topological polar surface area (TPSA) is 38.3 Å². The normalized spacial score (nSPS) is 10.4. The van der Waals surface area contributed by atoms with Crippen molar-refractivity contribution < 1.29 is 9.53 Å². The molecule has 0 saturated carbocycles. The van der Waals surface area contributed by atoms with Crippen molar-refractivity contribution >= 4 is 21.8 Å². The first-order valence-electron chi connectivity index (χ1n) is 6.79. The van der Waals surface area contributed by atoms with E-state index in [0.717, 1.165) is 37.0 Å². The molecule has 0 radical (unpaired) electrons. The van der Waals surface area contributed by atoms with Crippen molar-refractivity contribution in [1.82, 2.24) is 5.32 Å². The Balaban J connectivity index is 2.24. The quantitative estimate of drug-likeness (QED) is 0.556. The lowest BCUT2D eigenvalue weighted by Gasteiger charge is -2.08. The molecule has 0 fully saturated rings. The molecule has 1 aromatic carbocycles.